The summed E-state index contributed by atoms with van der Waals surface area (Å²) in [5, 5.41) is 0. The van der Waals surface area contributed by atoms with E-state index in [1.165, 1.54) is 0 Å². The number of benzene rings is 1. The number of hydrogen-bond donors (Lipinski definition) is 1. The monoisotopic (exact) mass is 379 g/mol. The largest absolute Gasteiger partial charge is 0.491 e. The predicted molar refractivity (Wildman–Crippen MR) is 101 cm³/mol. The number of methoxy groups -OCH3 is 1. The summed E-state index contributed by atoms with van der Waals surface area (Å²) in [7, 11) is 1.55. The Labute approximate surface area is 160 Å². The molecule has 1 saturated heterocycles. The Morgan fingerprint density at radius 3 is 2.85 bits per heavy atom. The molecule has 7 heteroatoms. The molecule has 27 heavy (non-hydrogen) atoms. The standard InChI is InChI=1S/C20H29NO6/c1-4-5-9-20(2,11-17(12-23-3)26-19(21)22)27-16-8-6-7-15(10-16)24-13-18-14-25-18/h4,6-8,10,17-18H,1,5,9,11-14H2,2-3H3,(H2,21,22). The average molecular weight is 379 g/mol. The van der Waals surface area contributed by atoms with E-state index in [4.69, 9.17) is 29.4 Å². The van der Waals surface area contributed by atoms with Crippen molar-refractivity contribution < 1.29 is 28.5 Å². The topological polar surface area (TPSA) is 92.5 Å². The first-order chi connectivity index (χ1) is 12.9. The van der Waals surface area contributed by atoms with Crippen molar-refractivity contribution in [2.75, 3.05) is 26.9 Å². The highest BCUT2D eigenvalue weighted by Gasteiger charge is 2.32. The van der Waals surface area contributed by atoms with Crippen LogP contribution in [0.3, 0.4) is 0 Å². The Morgan fingerprint density at radius 2 is 2.22 bits per heavy atom. The lowest BCUT2D eigenvalue weighted by Crippen LogP contribution is -2.40. The zero-order valence-corrected chi connectivity index (χ0v) is 16.0. The van der Waals surface area contributed by atoms with Gasteiger partial charge in [0.05, 0.1) is 13.2 Å². The van der Waals surface area contributed by atoms with Crippen LogP contribution in [-0.2, 0) is 14.2 Å². The van der Waals surface area contributed by atoms with Gasteiger partial charge in [0, 0.05) is 19.6 Å². The summed E-state index contributed by atoms with van der Waals surface area (Å²) in [6, 6.07) is 7.46. The molecule has 1 aromatic rings. The second-order valence-corrected chi connectivity index (χ2v) is 6.84. The van der Waals surface area contributed by atoms with Gasteiger partial charge in [0.15, 0.2) is 0 Å². The summed E-state index contributed by atoms with van der Waals surface area (Å²) in [5.41, 5.74) is 4.57. The minimum absolute atomic E-state index is 0.188. The van der Waals surface area contributed by atoms with Crippen LogP contribution in [0.15, 0.2) is 36.9 Å². The number of hydrogen-bond acceptors (Lipinski definition) is 6. The second-order valence-electron chi connectivity index (χ2n) is 6.84. The van der Waals surface area contributed by atoms with Gasteiger partial charge in [0.2, 0.25) is 0 Å². The fourth-order valence-electron chi connectivity index (χ4n) is 2.83. The number of primary amides is 1. The van der Waals surface area contributed by atoms with Crippen molar-refractivity contribution in [1.29, 1.82) is 0 Å². The van der Waals surface area contributed by atoms with Crippen molar-refractivity contribution in [3.63, 3.8) is 0 Å². The van der Waals surface area contributed by atoms with Crippen molar-refractivity contribution in [3.8, 4) is 11.5 Å². The van der Waals surface area contributed by atoms with Crippen LogP contribution in [0.5, 0.6) is 11.5 Å². The first-order valence-electron chi connectivity index (χ1n) is 9.03. The van der Waals surface area contributed by atoms with E-state index >= 15 is 0 Å². The number of ether oxygens (including phenoxy) is 5. The number of epoxide rings is 1. The molecule has 7 nitrogen and oxygen atoms in total. The van der Waals surface area contributed by atoms with Crippen LogP contribution >= 0.6 is 0 Å². The zero-order valence-electron chi connectivity index (χ0n) is 16.0. The van der Waals surface area contributed by atoms with Crippen LogP contribution in [0.25, 0.3) is 0 Å². The molecule has 3 unspecified atom stereocenters. The lowest BCUT2D eigenvalue weighted by Gasteiger charge is -2.33. The van der Waals surface area contributed by atoms with Crippen molar-refractivity contribution >= 4 is 6.09 Å². The van der Waals surface area contributed by atoms with Gasteiger partial charge >= 0.3 is 6.09 Å². The number of amides is 1. The lowest BCUT2D eigenvalue weighted by atomic mass is 9.92. The molecule has 0 aromatic heterocycles. The van der Waals surface area contributed by atoms with E-state index in [0.29, 0.717) is 25.2 Å². The van der Waals surface area contributed by atoms with Gasteiger partial charge in [-0.25, -0.2) is 4.79 Å². The quantitative estimate of drug-likeness (QED) is 0.418. The van der Waals surface area contributed by atoms with Gasteiger partial charge in [-0.2, -0.15) is 0 Å². The summed E-state index contributed by atoms with van der Waals surface area (Å²) in [6.07, 6.45) is 2.56. The average Bonchev–Trinajstić information content (AvgIpc) is 3.42. The van der Waals surface area contributed by atoms with Gasteiger partial charge in [0.25, 0.3) is 0 Å². The molecule has 1 fully saturated rings. The number of nitrogens with two attached hydrogens (primary N) is 1. The van der Waals surface area contributed by atoms with E-state index in [1.807, 2.05) is 37.3 Å². The van der Waals surface area contributed by atoms with Crippen molar-refractivity contribution in [2.24, 2.45) is 5.73 Å². The molecule has 1 heterocycles. The van der Waals surface area contributed by atoms with E-state index in [2.05, 4.69) is 6.58 Å². The van der Waals surface area contributed by atoms with Crippen LogP contribution < -0.4 is 15.2 Å². The Balaban J connectivity index is 2.07. The van der Waals surface area contributed by atoms with Gasteiger partial charge in [-0.3, -0.25) is 0 Å². The van der Waals surface area contributed by atoms with Crippen LogP contribution in [0.2, 0.25) is 0 Å². The highest BCUT2D eigenvalue weighted by molar-refractivity contribution is 5.64. The Bertz CT molecular complexity index is 618. The molecule has 1 aliphatic heterocycles. The SMILES string of the molecule is C=CCCC(C)(CC(COC)OC(N)=O)Oc1cccc(OCC2CO2)c1. The molecular formula is C20H29NO6. The predicted octanol–water partition coefficient (Wildman–Crippen LogP) is 3.07. The van der Waals surface area contributed by atoms with Crippen LogP contribution in [0.1, 0.15) is 26.2 Å². The molecule has 0 bridgehead atoms. The molecule has 1 aromatic carbocycles. The maximum absolute atomic E-state index is 11.2. The molecule has 3 atom stereocenters. The number of rotatable bonds is 13. The van der Waals surface area contributed by atoms with Crippen molar-refractivity contribution in [2.45, 2.75) is 44.0 Å². The van der Waals surface area contributed by atoms with Crippen LogP contribution in [-0.4, -0.2) is 50.8 Å². The maximum atomic E-state index is 11.2. The molecule has 2 N–H and O–H groups in total. The summed E-state index contributed by atoms with van der Waals surface area (Å²) < 4.78 is 27.5. The van der Waals surface area contributed by atoms with Crippen molar-refractivity contribution in [1.82, 2.24) is 0 Å². The lowest BCUT2D eigenvalue weighted by molar-refractivity contribution is -0.0181. The molecule has 150 valence electrons. The fraction of sp³-hybridized carbons (Fsp3) is 0.550. The highest BCUT2D eigenvalue weighted by atomic mass is 16.6. The minimum Gasteiger partial charge on any atom is -0.491 e. The van der Waals surface area contributed by atoms with E-state index in [1.54, 1.807) is 7.11 Å². The zero-order chi connectivity index (χ0) is 19.7. The normalized spacial score (nSPS) is 18.8. The smallest absolute Gasteiger partial charge is 0.404 e. The minimum atomic E-state index is -0.833. The Morgan fingerprint density at radius 1 is 1.48 bits per heavy atom. The van der Waals surface area contributed by atoms with Gasteiger partial charge in [-0.05, 0) is 31.9 Å². The van der Waals surface area contributed by atoms with E-state index < -0.39 is 17.8 Å². The second kappa shape index (κ2) is 10.2. The summed E-state index contributed by atoms with van der Waals surface area (Å²) in [4.78, 5) is 11.2. The summed E-state index contributed by atoms with van der Waals surface area (Å²) in [5.74, 6) is 1.39. The Hall–Kier alpha value is -2.25. The number of carbonyl (C=O) groups excluding carboxylic acids is 1. The van der Waals surface area contributed by atoms with Gasteiger partial charge in [-0.15, -0.1) is 6.58 Å². The van der Waals surface area contributed by atoms with Crippen LogP contribution in [0, 0.1) is 0 Å². The first-order valence-corrected chi connectivity index (χ1v) is 9.03. The molecular weight excluding hydrogens is 350 g/mol. The number of carbonyl (C=O) groups is 1. The molecule has 1 aliphatic rings. The molecule has 0 saturated carbocycles. The maximum Gasteiger partial charge on any atom is 0.404 e. The molecule has 0 aliphatic carbocycles. The third-order valence-corrected chi connectivity index (χ3v) is 4.18. The summed E-state index contributed by atoms with van der Waals surface area (Å²) >= 11 is 0. The summed E-state index contributed by atoms with van der Waals surface area (Å²) in [6.45, 7) is 7.26. The fourth-order valence-corrected chi connectivity index (χ4v) is 2.83. The molecule has 2 rings (SSSR count). The third-order valence-electron chi connectivity index (χ3n) is 4.18. The first kappa shape index (κ1) is 21.1. The molecule has 0 radical (unpaired) electrons. The van der Waals surface area contributed by atoms with Gasteiger partial charge in [-0.1, -0.05) is 12.1 Å². The third kappa shape index (κ3) is 7.88. The van der Waals surface area contributed by atoms with E-state index in [9.17, 15) is 4.79 Å². The number of allylic oxidation sites excluding steroid dienone is 1. The van der Waals surface area contributed by atoms with Gasteiger partial charge < -0.3 is 29.4 Å². The van der Waals surface area contributed by atoms with Crippen LogP contribution in [0.4, 0.5) is 4.79 Å². The molecule has 1 amide bonds. The Kier molecular flexibility index (Phi) is 7.94. The van der Waals surface area contributed by atoms with Gasteiger partial charge in [0.1, 0.15) is 35.9 Å². The highest BCUT2D eigenvalue weighted by Crippen LogP contribution is 2.30. The van der Waals surface area contributed by atoms with Crippen molar-refractivity contribution in [3.05, 3.63) is 36.9 Å². The van der Waals surface area contributed by atoms with E-state index in [0.717, 1.165) is 18.8 Å². The molecule has 0 spiro atoms. The van der Waals surface area contributed by atoms with E-state index in [-0.39, 0.29) is 12.7 Å².